The summed E-state index contributed by atoms with van der Waals surface area (Å²) in [6, 6.07) is 3.55. The van der Waals surface area contributed by atoms with Crippen LogP contribution >= 0.6 is 0 Å². The third-order valence-corrected chi connectivity index (χ3v) is 4.16. The lowest BCUT2D eigenvalue weighted by atomic mass is 10.2. The third kappa shape index (κ3) is 5.37. The molecule has 1 aromatic carbocycles. The second-order valence-corrected chi connectivity index (χ2v) is 7.49. The SMILES string of the molecule is COc1ccc([N+](=O)[O-])cc1N(CC(=O)NCC(C)C)S(C)(=O)=O. The number of hydrogen-bond donors (Lipinski definition) is 1. The summed E-state index contributed by atoms with van der Waals surface area (Å²) in [5, 5.41) is 13.6. The van der Waals surface area contributed by atoms with Gasteiger partial charge in [-0.05, 0) is 12.0 Å². The van der Waals surface area contributed by atoms with E-state index in [-0.39, 0.29) is 23.0 Å². The Morgan fingerprint density at radius 3 is 2.50 bits per heavy atom. The number of nitro groups is 1. The molecule has 0 spiro atoms. The summed E-state index contributed by atoms with van der Waals surface area (Å²) in [6.07, 6.45) is 0.918. The van der Waals surface area contributed by atoms with Crippen molar-refractivity contribution in [2.75, 3.05) is 30.8 Å². The number of nitro benzene ring substituents is 1. The molecular weight excluding hydrogens is 338 g/mol. The average Bonchev–Trinajstić information content (AvgIpc) is 2.48. The van der Waals surface area contributed by atoms with Gasteiger partial charge in [0.2, 0.25) is 15.9 Å². The Hall–Kier alpha value is -2.36. The Balaban J connectivity index is 3.24. The smallest absolute Gasteiger partial charge is 0.271 e. The van der Waals surface area contributed by atoms with Gasteiger partial charge >= 0.3 is 0 Å². The second kappa shape index (κ2) is 7.95. The second-order valence-electron chi connectivity index (χ2n) is 5.58. The fourth-order valence-electron chi connectivity index (χ4n) is 1.87. The molecule has 0 aromatic heterocycles. The lowest BCUT2D eigenvalue weighted by Crippen LogP contribution is -2.41. The fourth-order valence-corrected chi connectivity index (χ4v) is 2.72. The van der Waals surface area contributed by atoms with E-state index in [9.17, 15) is 23.3 Å². The normalized spacial score (nSPS) is 11.2. The van der Waals surface area contributed by atoms with Gasteiger partial charge in [0.1, 0.15) is 18.0 Å². The van der Waals surface area contributed by atoms with E-state index in [4.69, 9.17) is 4.74 Å². The molecule has 0 unspecified atom stereocenters. The van der Waals surface area contributed by atoms with Gasteiger partial charge < -0.3 is 10.1 Å². The topological polar surface area (TPSA) is 119 Å². The number of nitrogens with zero attached hydrogens (tertiary/aromatic N) is 2. The number of hydrogen-bond acceptors (Lipinski definition) is 6. The van der Waals surface area contributed by atoms with Crippen LogP contribution in [-0.2, 0) is 14.8 Å². The minimum absolute atomic E-state index is 0.0612. The van der Waals surface area contributed by atoms with Gasteiger partial charge in [0.15, 0.2) is 0 Å². The van der Waals surface area contributed by atoms with E-state index in [0.29, 0.717) is 6.54 Å². The van der Waals surface area contributed by atoms with E-state index in [1.54, 1.807) is 0 Å². The number of rotatable bonds is 8. The quantitative estimate of drug-likeness (QED) is 0.549. The van der Waals surface area contributed by atoms with E-state index in [1.807, 2.05) is 13.8 Å². The van der Waals surface area contributed by atoms with E-state index >= 15 is 0 Å². The molecule has 134 valence electrons. The maximum absolute atomic E-state index is 12.1. The first kappa shape index (κ1) is 19.7. The summed E-state index contributed by atoms with van der Waals surface area (Å²) in [5.41, 5.74) is -0.365. The molecule has 24 heavy (non-hydrogen) atoms. The predicted octanol–water partition coefficient (Wildman–Crippen LogP) is 1.14. The third-order valence-electron chi connectivity index (χ3n) is 3.04. The molecule has 0 aliphatic rings. The summed E-state index contributed by atoms with van der Waals surface area (Å²) in [6.45, 7) is 3.70. The zero-order chi connectivity index (χ0) is 18.5. The Morgan fingerprint density at radius 1 is 1.42 bits per heavy atom. The number of amides is 1. The van der Waals surface area contributed by atoms with E-state index < -0.39 is 27.4 Å². The van der Waals surface area contributed by atoms with E-state index in [2.05, 4.69) is 5.32 Å². The molecule has 0 fully saturated rings. The van der Waals surface area contributed by atoms with Crippen molar-refractivity contribution in [1.82, 2.24) is 5.32 Å². The number of benzene rings is 1. The molecule has 1 N–H and O–H groups in total. The van der Waals surface area contributed by atoms with Crippen LogP contribution in [0.15, 0.2) is 18.2 Å². The zero-order valence-electron chi connectivity index (χ0n) is 14.0. The van der Waals surface area contributed by atoms with E-state index in [1.165, 1.54) is 19.2 Å². The van der Waals surface area contributed by atoms with Crippen LogP contribution in [0, 0.1) is 16.0 Å². The number of methoxy groups -OCH3 is 1. The van der Waals surface area contributed by atoms with Crippen molar-refractivity contribution in [2.24, 2.45) is 5.92 Å². The number of anilines is 1. The highest BCUT2D eigenvalue weighted by Crippen LogP contribution is 2.33. The highest BCUT2D eigenvalue weighted by molar-refractivity contribution is 7.92. The standard InChI is InChI=1S/C14H21N3O6S/c1-10(2)8-15-14(18)9-16(24(4,21)22)12-7-11(17(19)20)5-6-13(12)23-3/h5-7,10H,8-9H2,1-4H3,(H,15,18). The Labute approximate surface area is 140 Å². The molecule has 0 atom stereocenters. The molecule has 1 rings (SSSR count). The highest BCUT2D eigenvalue weighted by Gasteiger charge is 2.26. The number of ether oxygens (including phenoxy) is 1. The van der Waals surface area contributed by atoms with E-state index in [0.717, 1.165) is 16.6 Å². The average molecular weight is 359 g/mol. The molecule has 1 amide bonds. The highest BCUT2D eigenvalue weighted by atomic mass is 32.2. The van der Waals surface area contributed by atoms with Gasteiger partial charge in [0.25, 0.3) is 5.69 Å². The molecule has 0 aliphatic carbocycles. The van der Waals surface area contributed by atoms with Crippen molar-refractivity contribution in [3.8, 4) is 5.75 Å². The molecule has 1 aromatic rings. The number of sulfonamides is 1. The lowest BCUT2D eigenvalue weighted by Gasteiger charge is -2.23. The van der Waals surface area contributed by atoms with Crippen LogP contribution < -0.4 is 14.4 Å². The number of carbonyl (C=O) groups excluding carboxylic acids is 1. The van der Waals surface area contributed by atoms with Gasteiger partial charge in [0.05, 0.1) is 18.3 Å². The lowest BCUT2D eigenvalue weighted by molar-refractivity contribution is -0.384. The van der Waals surface area contributed by atoms with Crippen molar-refractivity contribution < 1.29 is 22.9 Å². The van der Waals surface area contributed by atoms with Crippen LogP contribution in [-0.4, -0.2) is 45.7 Å². The monoisotopic (exact) mass is 359 g/mol. The van der Waals surface area contributed by atoms with Gasteiger partial charge in [-0.1, -0.05) is 13.8 Å². The summed E-state index contributed by atoms with van der Waals surface area (Å²) < 4.78 is 30.0. The minimum Gasteiger partial charge on any atom is -0.495 e. The van der Waals surface area contributed by atoms with Gasteiger partial charge in [-0.25, -0.2) is 8.42 Å². The molecule has 0 heterocycles. The molecule has 0 aliphatic heterocycles. The summed E-state index contributed by atoms with van der Waals surface area (Å²) in [7, 11) is -2.55. The largest absolute Gasteiger partial charge is 0.495 e. The first-order valence-electron chi connectivity index (χ1n) is 7.13. The van der Waals surface area contributed by atoms with Crippen molar-refractivity contribution in [2.45, 2.75) is 13.8 Å². The van der Waals surface area contributed by atoms with Crippen molar-refractivity contribution in [1.29, 1.82) is 0 Å². The van der Waals surface area contributed by atoms with Crippen molar-refractivity contribution in [3.63, 3.8) is 0 Å². The Morgan fingerprint density at radius 2 is 2.04 bits per heavy atom. The fraction of sp³-hybridized carbons (Fsp3) is 0.500. The van der Waals surface area contributed by atoms with Crippen LogP contribution in [0.4, 0.5) is 11.4 Å². The zero-order valence-corrected chi connectivity index (χ0v) is 14.8. The van der Waals surface area contributed by atoms with Gasteiger partial charge in [0, 0.05) is 18.7 Å². The van der Waals surface area contributed by atoms with Gasteiger partial charge in [-0.3, -0.25) is 19.2 Å². The maximum Gasteiger partial charge on any atom is 0.271 e. The summed E-state index contributed by atoms with van der Waals surface area (Å²) in [5.74, 6) is -0.196. The van der Waals surface area contributed by atoms with Crippen LogP contribution in [0.1, 0.15) is 13.8 Å². The van der Waals surface area contributed by atoms with Crippen LogP contribution in [0.2, 0.25) is 0 Å². The van der Waals surface area contributed by atoms with Crippen LogP contribution in [0.5, 0.6) is 5.75 Å². The van der Waals surface area contributed by atoms with Crippen molar-refractivity contribution >= 4 is 27.3 Å². The summed E-state index contributed by atoms with van der Waals surface area (Å²) >= 11 is 0. The molecule has 0 saturated carbocycles. The number of nitrogens with one attached hydrogen (secondary N) is 1. The van der Waals surface area contributed by atoms with Gasteiger partial charge in [-0.2, -0.15) is 0 Å². The molecular formula is C14H21N3O6S. The first-order chi connectivity index (χ1) is 11.1. The van der Waals surface area contributed by atoms with Crippen molar-refractivity contribution in [3.05, 3.63) is 28.3 Å². The summed E-state index contributed by atoms with van der Waals surface area (Å²) in [4.78, 5) is 22.3. The number of non-ortho nitro benzene ring substituents is 1. The molecule has 9 nitrogen and oxygen atoms in total. The Bertz CT molecular complexity index is 717. The van der Waals surface area contributed by atoms with Crippen LogP contribution in [0.3, 0.4) is 0 Å². The number of carbonyl (C=O) groups is 1. The van der Waals surface area contributed by atoms with Gasteiger partial charge in [-0.15, -0.1) is 0 Å². The minimum atomic E-state index is -3.86. The van der Waals surface area contributed by atoms with Crippen LogP contribution in [0.25, 0.3) is 0 Å². The predicted molar refractivity (Wildman–Crippen MR) is 89.7 cm³/mol. The Kier molecular flexibility index (Phi) is 6.52. The molecule has 0 saturated heterocycles. The first-order valence-corrected chi connectivity index (χ1v) is 8.98. The molecule has 10 heteroatoms. The molecule has 0 radical (unpaired) electrons. The molecule has 0 bridgehead atoms. The maximum atomic E-state index is 12.1.